The highest BCUT2D eigenvalue weighted by Gasteiger charge is 2.35. The van der Waals surface area contributed by atoms with Gasteiger partial charge in [-0.15, -0.1) is 0 Å². The summed E-state index contributed by atoms with van der Waals surface area (Å²) in [6, 6.07) is 1.96. The van der Waals surface area contributed by atoms with E-state index in [0.29, 0.717) is 25.4 Å². The Balaban J connectivity index is 1.85. The van der Waals surface area contributed by atoms with Crippen LogP contribution in [0.1, 0.15) is 25.7 Å². The number of hydrogen-bond donors (Lipinski definition) is 1. The van der Waals surface area contributed by atoms with Gasteiger partial charge in [-0.1, -0.05) is 0 Å². The first-order chi connectivity index (χ1) is 9.58. The van der Waals surface area contributed by atoms with Gasteiger partial charge in [-0.2, -0.15) is 0 Å². The molecule has 1 aromatic carbocycles. The average Bonchev–Trinajstić information content (AvgIpc) is 3.24. The lowest BCUT2D eigenvalue weighted by Crippen LogP contribution is -2.51. The van der Waals surface area contributed by atoms with Crippen molar-refractivity contribution in [2.75, 3.05) is 11.4 Å². The third-order valence-corrected chi connectivity index (χ3v) is 3.76. The molecule has 1 heterocycles. The lowest BCUT2D eigenvalue weighted by atomic mass is 10.0. The Hall–Kier alpha value is -1.56. The summed E-state index contributed by atoms with van der Waals surface area (Å²) in [6.45, 7) is 0.323. The minimum Gasteiger partial charge on any atom is -0.308 e. The highest BCUT2D eigenvalue weighted by Crippen LogP contribution is 2.28. The number of piperidine rings is 1. The van der Waals surface area contributed by atoms with Gasteiger partial charge in [-0.05, 0) is 37.8 Å². The zero-order valence-electron chi connectivity index (χ0n) is 10.8. The minimum atomic E-state index is -1.53. The van der Waals surface area contributed by atoms with E-state index in [4.69, 9.17) is 0 Å². The molecule has 1 atom stereocenters. The molecule has 3 nitrogen and oxygen atoms in total. The van der Waals surface area contributed by atoms with E-state index in [1.54, 1.807) is 0 Å². The smallest absolute Gasteiger partial charge is 0.244 e. The van der Waals surface area contributed by atoms with Gasteiger partial charge in [-0.3, -0.25) is 4.79 Å². The van der Waals surface area contributed by atoms with Crippen molar-refractivity contribution in [3.63, 3.8) is 0 Å². The van der Waals surface area contributed by atoms with E-state index in [-0.39, 0.29) is 17.6 Å². The van der Waals surface area contributed by atoms with Crippen LogP contribution in [0.3, 0.4) is 0 Å². The van der Waals surface area contributed by atoms with Gasteiger partial charge in [0.15, 0.2) is 17.5 Å². The van der Waals surface area contributed by atoms with Gasteiger partial charge in [0.25, 0.3) is 0 Å². The quantitative estimate of drug-likeness (QED) is 0.864. The number of carbonyl (C=O) groups excluding carboxylic acids is 1. The van der Waals surface area contributed by atoms with Crippen molar-refractivity contribution < 1.29 is 18.0 Å². The number of halogens is 3. The molecule has 6 heteroatoms. The molecule has 0 spiro atoms. The lowest BCUT2D eigenvalue weighted by Gasteiger charge is -2.33. The lowest BCUT2D eigenvalue weighted by molar-refractivity contribution is -0.121. The molecule has 1 unspecified atom stereocenters. The van der Waals surface area contributed by atoms with Crippen LogP contribution in [0.15, 0.2) is 12.1 Å². The number of hydrogen-bond acceptors (Lipinski definition) is 2. The van der Waals surface area contributed by atoms with E-state index < -0.39 is 17.5 Å². The van der Waals surface area contributed by atoms with Crippen LogP contribution in [0, 0.1) is 17.5 Å². The van der Waals surface area contributed by atoms with Crippen LogP contribution in [-0.4, -0.2) is 24.5 Å². The molecule has 1 aliphatic heterocycles. The summed E-state index contributed by atoms with van der Waals surface area (Å²) < 4.78 is 40.0. The van der Waals surface area contributed by atoms with Crippen LogP contribution >= 0.6 is 0 Å². The Morgan fingerprint density at radius 1 is 1.10 bits per heavy atom. The van der Waals surface area contributed by atoms with E-state index in [1.807, 2.05) is 0 Å². The Bertz CT molecular complexity index is 545. The molecule has 2 aliphatic rings. The predicted octanol–water partition coefficient (Wildman–Crippen LogP) is 2.35. The average molecular weight is 284 g/mol. The second-order valence-electron chi connectivity index (χ2n) is 5.32. The van der Waals surface area contributed by atoms with Gasteiger partial charge in [0.1, 0.15) is 0 Å². The molecule has 1 saturated carbocycles. The minimum absolute atomic E-state index is 0.184. The maximum Gasteiger partial charge on any atom is 0.244 e. The Labute approximate surface area is 114 Å². The molecule has 1 N–H and O–H groups in total. The van der Waals surface area contributed by atoms with Crippen molar-refractivity contribution in [3.8, 4) is 0 Å². The van der Waals surface area contributed by atoms with Crippen LogP contribution in [-0.2, 0) is 4.79 Å². The molecule has 1 saturated heterocycles. The largest absolute Gasteiger partial charge is 0.308 e. The molecule has 1 aliphatic carbocycles. The fourth-order valence-corrected chi connectivity index (χ4v) is 2.53. The van der Waals surface area contributed by atoms with Gasteiger partial charge in [-0.25, -0.2) is 13.2 Å². The van der Waals surface area contributed by atoms with Gasteiger partial charge < -0.3 is 10.2 Å². The fourth-order valence-electron chi connectivity index (χ4n) is 2.53. The van der Waals surface area contributed by atoms with Crippen molar-refractivity contribution in [2.45, 2.75) is 37.8 Å². The molecule has 1 amide bonds. The summed E-state index contributed by atoms with van der Waals surface area (Å²) >= 11 is 0. The van der Waals surface area contributed by atoms with Crippen molar-refractivity contribution in [2.24, 2.45) is 0 Å². The second-order valence-corrected chi connectivity index (χ2v) is 5.32. The zero-order chi connectivity index (χ0) is 14.3. The van der Waals surface area contributed by atoms with Crippen molar-refractivity contribution >= 4 is 11.6 Å². The summed E-state index contributed by atoms with van der Waals surface area (Å²) in [6.07, 6.45) is 3.48. The van der Waals surface area contributed by atoms with Crippen LogP contribution in [0.25, 0.3) is 0 Å². The fraction of sp³-hybridized carbons (Fsp3) is 0.500. The maximum absolute atomic E-state index is 13.8. The number of carbonyl (C=O) groups is 1. The van der Waals surface area contributed by atoms with E-state index in [1.165, 1.54) is 4.90 Å². The van der Waals surface area contributed by atoms with Crippen molar-refractivity contribution in [3.05, 3.63) is 29.6 Å². The van der Waals surface area contributed by atoms with Crippen molar-refractivity contribution in [1.29, 1.82) is 0 Å². The monoisotopic (exact) mass is 284 g/mol. The van der Waals surface area contributed by atoms with Gasteiger partial charge in [0, 0.05) is 12.6 Å². The Kier molecular flexibility index (Phi) is 3.41. The molecule has 3 rings (SSSR count). The number of rotatable bonds is 3. The van der Waals surface area contributed by atoms with E-state index >= 15 is 0 Å². The molecule has 20 heavy (non-hydrogen) atoms. The summed E-state index contributed by atoms with van der Waals surface area (Å²) in [7, 11) is 0. The molecule has 0 bridgehead atoms. The molecule has 1 aromatic rings. The number of amides is 1. The van der Waals surface area contributed by atoms with Crippen LogP contribution in [0.4, 0.5) is 18.9 Å². The second kappa shape index (κ2) is 5.09. The molecule has 0 aromatic heterocycles. The Morgan fingerprint density at radius 3 is 2.55 bits per heavy atom. The van der Waals surface area contributed by atoms with Gasteiger partial charge >= 0.3 is 0 Å². The van der Waals surface area contributed by atoms with Gasteiger partial charge in [0.2, 0.25) is 5.91 Å². The van der Waals surface area contributed by atoms with Crippen LogP contribution in [0.5, 0.6) is 0 Å². The molecule has 2 fully saturated rings. The normalized spacial score (nSPS) is 23.2. The van der Waals surface area contributed by atoms with Crippen LogP contribution < -0.4 is 10.2 Å². The highest BCUT2D eigenvalue weighted by atomic mass is 19.2. The number of nitrogens with zero attached hydrogens (tertiary/aromatic N) is 1. The zero-order valence-corrected chi connectivity index (χ0v) is 10.8. The topological polar surface area (TPSA) is 32.3 Å². The van der Waals surface area contributed by atoms with Crippen molar-refractivity contribution in [1.82, 2.24) is 5.32 Å². The number of anilines is 1. The van der Waals surface area contributed by atoms with E-state index in [2.05, 4.69) is 5.32 Å². The summed E-state index contributed by atoms with van der Waals surface area (Å²) in [5.41, 5.74) is -0.184. The standard InChI is InChI=1S/C14H15F3N2O/c15-9-5-6-11(13(17)12(9)16)19-7-1-2-10(14(19)20)18-8-3-4-8/h5-6,8,10,18H,1-4,7H2. The molecule has 108 valence electrons. The summed E-state index contributed by atoms with van der Waals surface area (Å²) in [5, 5.41) is 3.21. The summed E-state index contributed by atoms with van der Waals surface area (Å²) in [5.74, 6) is -4.35. The Morgan fingerprint density at radius 2 is 1.85 bits per heavy atom. The van der Waals surface area contributed by atoms with E-state index in [0.717, 1.165) is 25.0 Å². The molecular formula is C14H15F3N2O. The first-order valence-electron chi connectivity index (χ1n) is 6.79. The highest BCUT2D eigenvalue weighted by molar-refractivity contribution is 5.98. The number of benzene rings is 1. The predicted molar refractivity (Wildman–Crippen MR) is 67.8 cm³/mol. The van der Waals surface area contributed by atoms with Crippen LogP contribution in [0.2, 0.25) is 0 Å². The summed E-state index contributed by atoms with van der Waals surface area (Å²) in [4.78, 5) is 13.5. The molecule has 0 radical (unpaired) electrons. The van der Waals surface area contributed by atoms with Gasteiger partial charge in [0.05, 0.1) is 11.7 Å². The third-order valence-electron chi connectivity index (χ3n) is 3.76. The SMILES string of the molecule is O=C1C(NC2CC2)CCCN1c1ccc(F)c(F)c1F. The third kappa shape index (κ3) is 2.40. The van der Waals surface area contributed by atoms with E-state index in [9.17, 15) is 18.0 Å². The number of nitrogens with one attached hydrogen (secondary N) is 1. The first-order valence-corrected chi connectivity index (χ1v) is 6.79. The first kappa shape index (κ1) is 13.4. The maximum atomic E-state index is 13.8. The molecular weight excluding hydrogens is 269 g/mol.